The van der Waals surface area contributed by atoms with Gasteiger partial charge >= 0.3 is 5.97 Å². The largest absolute Gasteiger partial charge is 0.476 e. The average Bonchev–Trinajstić information content (AvgIpc) is 2.65. The summed E-state index contributed by atoms with van der Waals surface area (Å²) in [4.78, 5) is 21.9. The number of hydrogen-bond acceptors (Lipinski definition) is 4. The fourth-order valence-corrected chi connectivity index (χ4v) is 1.01. The van der Waals surface area contributed by atoms with E-state index in [2.05, 4.69) is 15.6 Å². The number of hydrogen-bond donors (Lipinski definition) is 2. The van der Waals surface area contributed by atoms with Crippen LogP contribution in [-0.2, 0) is 4.79 Å². The molecule has 2 N–H and O–H groups in total. The zero-order valence-electron chi connectivity index (χ0n) is 8.47. The fourth-order valence-electron chi connectivity index (χ4n) is 1.01. The first-order valence-corrected chi connectivity index (χ1v) is 4.49. The van der Waals surface area contributed by atoms with E-state index in [-0.39, 0.29) is 11.6 Å². The van der Waals surface area contributed by atoms with Crippen LogP contribution in [0.5, 0.6) is 0 Å². The third-order valence-electron chi connectivity index (χ3n) is 1.86. The highest BCUT2D eigenvalue weighted by atomic mass is 16.4. The Morgan fingerprint density at radius 1 is 1.67 bits per heavy atom. The Morgan fingerprint density at radius 2 is 2.33 bits per heavy atom. The third-order valence-corrected chi connectivity index (χ3v) is 1.86. The molecular weight excluding hydrogens is 200 g/mol. The maximum absolute atomic E-state index is 11.4. The molecular formula is C8H12N4O3. The van der Waals surface area contributed by atoms with Gasteiger partial charge in [0.1, 0.15) is 6.04 Å². The smallest absolute Gasteiger partial charge is 0.358 e. The van der Waals surface area contributed by atoms with E-state index < -0.39 is 12.0 Å². The standard InChI is InChI=1S/C8H12N4O3/c1-3-9-7(13)5(2)12-4-6(8(14)15)10-11-12/h4-5H,3H2,1-2H3,(H,9,13)(H,14,15). The van der Waals surface area contributed by atoms with Crippen LogP contribution in [0.15, 0.2) is 6.20 Å². The van der Waals surface area contributed by atoms with Crippen molar-refractivity contribution in [1.82, 2.24) is 20.3 Å². The van der Waals surface area contributed by atoms with Gasteiger partial charge < -0.3 is 10.4 Å². The van der Waals surface area contributed by atoms with Gasteiger partial charge in [0.15, 0.2) is 5.69 Å². The Morgan fingerprint density at radius 3 is 2.80 bits per heavy atom. The second kappa shape index (κ2) is 4.54. The lowest BCUT2D eigenvalue weighted by Gasteiger charge is -2.09. The lowest BCUT2D eigenvalue weighted by molar-refractivity contribution is -0.124. The second-order valence-electron chi connectivity index (χ2n) is 2.96. The number of carboxylic acid groups (broad SMARTS) is 1. The monoisotopic (exact) mass is 212 g/mol. The molecule has 0 bridgehead atoms. The minimum atomic E-state index is -1.16. The maximum Gasteiger partial charge on any atom is 0.358 e. The van der Waals surface area contributed by atoms with Gasteiger partial charge in [0.05, 0.1) is 6.20 Å². The van der Waals surface area contributed by atoms with E-state index in [1.54, 1.807) is 13.8 Å². The van der Waals surface area contributed by atoms with Gasteiger partial charge in [-0.3, -0.25) is 4.79 Å². The first kappa shape index (κ1) is 11.2. The molecule has 1 heterocycles. The summed E-state index contributed by atoms with van der Waals surface area (Å²) in [5, 5.41) is 18.2. The number of carboxylic acids is 1. The molecule has 0 saturated carbocycles. The molecule has 7 nitrogen and oxygen atoms in total. The Bertz CT molecular complexity index is 374. The summed E-state index contributed by atoms with van der Waals surface area (Å²) < 4.78 is 1.22. The number of amides is 1. The number of aromatic carboxylic acids is 1. The lowest BCUT2D eigenvalue weighted by Crippen LogP contribution is -2.31. The fraction of sp³-hybridized carbons (Fsp3) is 0.500. The number of likely N-dealkylation sites (N-methyl/N-ethyl adjacent to an activating group) is 1. The quantitative estimate of drug-likeness (QED) is 0.712. The predicted molar refractivity (Wildman–Crippen MR) is 50.4 cm³/mol. The Labute approximate surface area is 86.1 Å². The summed E-state index contributed by atoms with van der Waals surface area (Å²) >= 11 is 0. The van der Waals surface area contributed by atoms with Gasteiger partial charge in [-0.1, -0.05) is 5.21 Å². The van der Waals surface area contributed by atoms with E-state index in [0.717, 1.165) is 0 Å². The van der Waals surface area contributed by atoms with Crippen LogP contribution in [0.4, 0.5) is 0 Å². The highest BCUT2D eigenvalue weighted by molar-refractivity contribution is 5.85. The number of carbonyl (C=O) groups is 2. The molecule has 0 aliphatic rings. The third kappa shape index (κ3) is 2.52. The molecule has 1 amide bonds. The molecule has 1 unspecified atom stereocenters. The summed E-state index contributed by atoms with van der Waals surface area (Å²) in [7, 11) is 0. The Balaban J connectivity index is 2.78. The summed E-state index contributed by atoms with van der Waals surface area (Å²) in [6, 6.07) is -0.564. The molecule has 1 aromatic rings. The van der Waals surface area contributed by atoms with Gasteiger partial charge in [0, 0.05) is 6.54 Å². The Hall–Kier alpha value is -1.92. The first-order chi connectivity index (χ1) is 7.06. The van der Waals surface area contributed by atoms with E-state index in [1.165, 1.54) is 10.9 Å². The van der Waals surface area contributed by atoms with Gasteiger partial charge in [-0.15, -0.1) is 5.10 Å². The van der Waals surface area contributed by atoms with E-state index in [4.69, 9.17) is 5.11 Å². The highest BCUT2D eigenvalue weighted by Crippen LogP contribution is 2.04. The van der Waals surface area contributed by atoms with Gasteiger partial charge in [0.2, 0.25) is 5.91 Å². The molecule has 82 valence electrons. The number of aromatic nitrogens is 3. The van der Waals surface area contributed by atoms with Crippen molar-refractivity contribution in [3.8, 4) is 0 Å². The molecule has 0 radical (unpaired) electrons. The van der Waals surface area contributed by atoms with Crippen LogP contribution in [0.2, 0.25) is 0 Å². The van der Waals surface area contributed by atoms with Crippen molar-refractivity contribution < 1.29 is 14.7 Å². The molecule has 0 fully saturated rings. The Kier molecular flexibility index (Phi) is 3.37. The zero-order chi connectivity index (χ0) is 11.4. The predicted octanol–water partition coefficient (Wildman–Crippen LogP) is -0.327. The van der Waals surface area contributed by atoms with E-state index in [1.807, 2.05) is 0 Å². The van der Waals surface area contributed by atoms with Crippen molar-refractivity contribution in [3.63, 3.8) is 0 Å². The van der Waals surface area contributed by atoms with Crippen molar-refractivity contribution in [3.05, 3.63) is 11.9 Å². The van der Waals surface area contributed by atoms with Gasteiger partial charge in [-0.2, -0.15) is 0 Å². The van der Waals surface area contributed by atoms with Crippen LogP contribution in [-0.4, -0.2) is 38.5 Å². The van der Waals surface area contributed by atoms with Crippen LogP contribution >= 0.6 is 0 Å². The number of rotatable bonds is 4. The summed E-state index contributed by atoms with van der Waals surface area (Å²) in [5.41, 5.74) is -0.175. The van der Waals surface area contributed by atoms with Gasteiger partial charge in [-0.25, -0.2) is 9.48 Å². The number of carbonyl (C=O) groups excluding carboxylic acids is 1. The van der Waals surface area contributed by atoms with Gasteiger partial charge in [0.25, 0.3) is 0 Å². The van der Waals surface area contributed by atoms with E-state index in [9.17, 15) is 9.59 Å². The number of nitrogens with one attached hydrogen (secondary N) is 1. The molecule has 1 atom stereocenters. The van der Waals surface area contributed by atoms with Crippen molar-refractivity contribution >= 4 is 11.9 Å². The lowest BCUT2D eigenvalue weighted by atomic mass is 10.3. The number of nitrogens with zero attached hydrogens (tertiary/aromatic N) is 3. The highest BCUT2D eigenvalue weighted by Gasteiger charge is 2.17. The normalized spacial score (nSPS) is 12.1. The molecule has 1 aromatic heterocycles. The van der Waals surface area contributed by atoms with Crippen molar-refractivity contribution in [1.29, 1.82) is 0 Å². The summed E-state index contributed by atoms with van der Waals surface area (Å²) in [5.74, 6) is -1.39. The molecule has 0 saturated heterocycles. The first-order valence-electron chi connectivity index (χ1n) is 4.49. The van der Waals surface area contributed by atoms with Crippen LogP contribution < -0.4 is 5.32 Å². The van der Waals surface area contributed by atoms with Crippen LogP contribution in [0, 0.1) is 0 Å². The molecule has 7 heteroatoms. The van der Waals surface area contributed by atoms with Crippen molar-refractivity contribution in [2.75, 3.05) is 6.54 Å². The summed E-state index contributed by atoms with van der Waals surface area (Å²) in [6.07, 6.45) is 1.22. The minimum absolute atomic E-state index is 0.175. The van der Waals surface area contributed by atoms with Crippen LogP contribution in [0.1, 0.15) is 30.4 Å². The second-order valence-corrected chi connectivity index (χ2v) is 2.96. The van der Waals surface area contributed by atoms with Crippen molar-refractivity contribution in [2.45, 2.75) is 19.9 Å². The van der Waals surface area contributed by atoms with Crippen LogP contribution in [0.25, 0.3) is 0 Å². The van der Waals surface area contributed by atoms with Crippen LogP contribution in [0.3, 0.4) is 0 Å². The molecule has 0 aliphatic heterocycles. The topological polar surface area (TPSA) is 97.1 Å². The molecule has 15 heavy (non-hydrogen) atoms. The molecule has 0 aromatic carbocycles. The average molecular weight is 212 g/mol. The molecule has 0 spiro atoms. The minimum Gasteiger partial charge on any atom is -0.476 e. The van der Waals surface area contributed by atoms with Gasteiger partial charge in [-0.05, 0) is 13.8 Å². The van der Waals surface area contributed by atoms with Crippen molar-refractivity contribution in [2.24, 2.45) is 0 Å². The SMILES string of the molecule is CCNC(=O)C(C)n1cc(C(=O)O)nn1. The molecule has 0 aliphatic carbocycles. The molecule has 1 rings (SSSR count). The summed E-state index contributed by atoms with van der Waals surface area (Å²) in [6.45, 7) is 3.93. The van der Waals surface area contributed by atoms with E-state index in [0.29, 0.717) is 6.54 Å². The zero-order valence-corrected chi connectivity index (χ0v) is 8.47. The maximum atomic E-state index is 11.4. The van der Waals surface area contributed by atoms with E-state index >= 15 is 0 Å².